The van der Waals surface area contributed by atoms with Crippen LogP contribution in [0, 0.1) is 13.8 Å². The van der Waals surface area contributed by atoms with E-state index in [-0.39, 0.29) is 0 Å². The van der Waals surface area contributed by atoms with Gasteiger partial charge in [-0.05, 0) is 48.7 Å². The average Bonchev–Trinajstić information content (AvgIpc) is 3.41. The van der Waals surface area contributed by atoms with Gasteiger partial charge in [0.25, 0.3) is 11.8 Å². The zero-order valence-corrected chi connectivity index (χ0v) is 18.6. The molecule has 5 heterocycles. The molecule has 0 spiro atoms. The molecular weight excluding hydrogens is 396 g/mol. The number of aromatic amines is 1. The van der Waals surface area contributed by atoms with Crippen LogP contribution in [0.4, 0.5) is 5.95 Å². The number of hydrogen-bond donors (Lipinski definition) is 2. The van der Waals surface area contributed by atoms with Crippen molar-refractivity contribution in [2.45, 2.75) is 33.6 Å². The first kappa shape index (κ1) is 19.3. The highest BCUT2D eigenvalue weighted by atomic mass is 32.1. The standard InChI is InChI=1S/C22H26N6OS/c1-12(2)18-19(15-9-13(3)24-14(4)10-15)25-16-11-17(30-20(16)18)21-26-22(27-29-21)28-7-5-23-6-8-28/h9-12,23,25H,5-8H2,1-4H3. The smallest absolute Gasteiger partial charge is 0.269 e. The van der Waals surface area contributed by atoms with Gasteiger partial charge in [0, 0.05) is 43.1 Å². The molecule has 0 amide bonds. The van der Waals surface area contributed by atoms with Gasteiger partial charge in [-0.2, -0.15) is 4.98 Å². The molecule has 4 aromatic rings. The molecule has 0 atom stereocenters. The van der Waals surface area contributed by atoms with Crippen LogP contribution < -0.4 is 10.2 Å². The van der Waals surface area contributed by atoms with Gasteiger partial charge < -0.3 is 19.7 Å². The lowest BCUT2D eigenvalue weighted by molar-refractivity contribution is 0.428. The van der Waals surface area contributed by atoms with Crippen molar-refractivity contribution in [1.29, 1.82) is 0 Å². The van der Waals surface area contributed by atoms with Crippen LogP contribution in [-0.4, -0.2) is 46.3 Å². The SMILES string of the molecule is Cc1cc(-c2[nH]c3cc(-c4nc(N5CCNCC5)no4)sc3c2C(C)C)cc(C)n1. The van der Waals surface area contributed by atoms with Gasteiger partial charge in [0.2, 0.25) is 0 Å². The lowest BCUT2D eigenvalue weighted by Gasteiger charge is -2.25. The average molecular weight is 423 g/mol. The Morgan fingerprint density at radius 3 is 2.50 bits per heavy atom. The Balaban J connectivity index is 1.54. The summed E-state index contributed by atoms with van der Waals surface area (Å²) in [5.74, 6) is 1.65. The molecule has 5 rings (SSSR count). The predicted molar refractivity (Wildman–Crippen MR) is 121 cm³/mol. The zero-order chi connectivity index (χ0) is 20.8. The second kappa shape index (κ2) is 7.52. The van der Waals surface area contributed by atoms with Crippen molar-refractivity contribution >= 4 is 27.5 Å². The van der Waals surface area contributed by atoms with E-state index in [1.54, 1.807) is 11.3 Å². The van der Waals surface area contributed by atoms with Crippen LogP contribution in [0.3, 0.4) is 0 Å². The Hall–Kier alpha value is -2.71. The van der Waals surface area contributed by atoms with E-state index >= 15 is 0 Å². The summed E-state index contributed by atoms with van der Waals surface area (Å²) >= 11 is 1.72. The number of thiophene rings is 1. The van der Waals surface area contributed by atoms with Gasteiger partial charge in [0.1, 0.15) is 0 Å². The summed E-state index contributed by atoms with van der Waals surface area (Å²) in [5, 5.41) is 7.56. The fraction of sp³-hybridized carbons (Fsp3) is 0.409. The number of nitrogens with one attached hydrogen (secondary N) is 2. The number of pyridine rings is 1. The zero-order valence-electron chi connectivity index (χ0n) is 17.7. The summed E-state index contributed by atoms with van der Waals surface area (Å²) in [5.41, 5.74) is 6.87. The number of H-pyrrole nitrogens is 1. The van der Waals surface area contributed by atoms with Crippen molar-refractivity contribution in [3.05, 3.63) is 35.2 Å². The summed E-state index contributed by atoms with van der Waals surface area (Å²) in [7, 11) is 0. The first-order valence-electron chi connectivity index (χ1n) is 10.4. The Morgan fingerprint density at radius 2 is 1.80 bits per heavy atom. The molecule has 0 bridgehead atoms. The van der Waals surface area contributed by atoms with Crippen molar-refractivity contribution in [1.82, 2.24) is 25.4 Å². The van der Waals surface area contributed by atoms with Crippen LogP contribution in [-0.2, 0) is 0 Å². The first-order valence-corrected chi connectivity index (χ1v) is 11.2. The highest BCUT2D eigenvalue weighted by Crippen LogP contribution is 2.42. The number of nitrogens with zero attached hydrogens (tertiary/aromatic N) is 4. The molecule has 0 radical (unpaired) electrons. The van der Waals surface area contributed by atoms with Gasteiger partial charge in [0.15, 0.2) is 0 Å². The molecule has 0 unspecified atom stereocenters. The van der Waals surface area contributed by atoms with Crippen LogP contribution >= 0.6 is 11.3 Å². The predicted octanol–water partition coefficient (Wildman–Crippen LogP) is 4.49. The molecule has 8 heteroatoms. The first-order chi connectivity index (χ1) is 14.5. The Labute approximate surface area is 179 Å². The van der Waals surface area contributed by atoms with E-state index in [1.807, 2.05) is 13.8 Å². The summed E-state index contributed by atoms with van der Waals surface area (Å²) in [4.78, 5) is 16.0. The molecule has 0 saturated carbocycles. The molecule has 0 aromatic carbocycles. The summed E-state index contributed by atoms with van der Waals surface area (Å²) in [6.07, 6.45) is 0. The van der Waals surface area contributed by atoms with Crippen molar-refractivity contribution < 1.29 is 4.52 Å². The Bertz CT molecular complexity index is 1180. The minimum Gasteiger partial charge on any atom is -0.354 e. The summed E-state index contributed by atoms with van der Waals surface area (Å²) in [6, 6.07) is 6.42. The maximum absolute atomic E-state index is 5.61. The fourth-order valence-corrected chi connectivity index (χ4v) is 5.41. The molecule has 30 heavy (non-hydrogen) atoms. The number of anilines is 1. The number of hydrogen-bond acceptors (Lipinski definition) is 7. The third-order valence-electron chi connectivity index (χ3n) is 5.48. The Morgan fingerprint density at radius 1 is 1.07 bits per heavy atom. The maximum Gasteiger partial charge on any atom is 0.269 e. The van der Waals surface area contributed by atoms with Gasteiger partial charge in [-0.3, -0.25) is 4.98 Å². The number of aryl methyl sites for hydroxylation is 2. The van der Waals surface area contributed by atoms with E-state index in [4.69, 9.17) is 4.52 Å². The highest BCUT2D eigenvalue weighted by molar-refractivity contribution is 7.22. The number of rotatable bonds is 4. The third-order valence-corrected chi connectivity index (χ3v) is 6.64. The monoisotopic (exact) mass is 422 g/mol. The number of piperazine rings is 1. The maximum atomic E-state index is 5.61. The van der Waals surface area contributed by atoms with Crippen LogP contribution in [0.15, 0.2) is 22.7 Å². The van der Waals surface area contributed by atoms with Gasteiger partial charge in [-0.25, -0.2) is 0 Å². The third kappa shape index (κ3) is 3.40. The van der Waals surface area contributed by atoms with E-state index in [9.17, 15) is 0 Å². The lowest BCUT2D eigenvalue weighted by Crippen LogP contribution is -2.44. The van der Waals surface area contributed by atoms with Crippen LogP contribution in [0.25, 0.3) is 32.2 Å². The quantitative estimate of drug-likeness (QED) is 0.504. The molecule has 1 fully saturated rings. The largest absolute Gasteiger partial charge is 0.354 e. The van der Waals surface area contributed by atoms with Crippen molar-refractivity contribution in [2.24, 2.45) is 0 Å². The van der Waals surface area contributed by atoms with E-state index in [0.717, 1.165) is 48.0 Å². The van der Waals surface area contributed by atoms with Crippen molar-refractivity contribution in [2.75, 3.05) is 31.1 Å². The second-order valence-electron chi connectivity index (χ2n) is 8.20. The molecule has 7 nitrogen and oxygen atoms in total. The number of fused-ring (bicyclic) bond motifs is 1. The molecule has 1 aliphatic rings. The number of aromatic nitrogens is 4. The van der Waals surface area contributed by atoms with E-state index in [0.29, 0.717) is 17.8 Å². The minimum atomic E-state index is 0.383. The van der Waals surface area contributed by atoms with Crippen molar-refractivity contribution in [3.8, 4) is 22.0 Å². The molecule has 2 N–H and O–H groups in total. The molecule has 0 aliphatic carbocycles. The molecule has 4 aromatic heterocycles. The van der Waals surface area contributed by atoms with E-state index in [1.165, 1.54) is 21.5 Å². The molecular formula is C22H26N6OS. The van der Waals surface area contributed by atoms with Crippen LogP contribution in [0.2, 0.25) is 0 Å². The van der Waals surface area contributed by atoms with Crippen LogP contribution in [0.1, 0.15) is 36.7 Å². The van der Waals surface area contributed by atoms with E-state index < -0.39 is 0 Å². The summed E-state index contributed by atoms with van der Waals surface area (Å²) in [6.45, 7) is 12.2. The normalized spacial score (nSPS) is 14.9. The van der Waals surface area contributed by atoms with Crippen molar-refractivity contribution in [3.63, 3.8) is 0 Å². The fourth-order valence-electron chi connectivity index (χ4n) is 4.17. The molecule has 1 saturated heterocycles. The second-order valence-corrected chi connectivity index (χ2v) is 9.25. The van der Waals surface area contributed by atoms with Gasteiger partial charge in [0.05, 0.1) is 20.8 Å². The highest BCUT2D eigenvalue weighted by Gasteiger charge is 2.23. The van der Waals surface area contributed by atoms with Gasteiger partial charge in [-0.1, -0.05) is 13.8 Å². The topological polar surface area (TPSA) is 82.9 Å². The van der Waals surface area contributed by atoms with Gasteiger partial charge in [-0.15, -0.1) is 11.3 Å². The molecule has 156 valence electrons. The minimum absolute atomic E-state index is 0.383. The lowest BCUT2D eigenvalue weighted by atomic mass is 9.99. The molecule has 1 aliphatic heterocycles. The summed E-state index contributed by atoms with van der Waals surface area (Å²) < 4.78 is 6.87. The van der Waals surface area contributed by atoms with Gasteiger partial charge >= 0.3 is 0 Å². The van der Waals surface area contributed by atoms with Crippen LogP contribution in [0.5, 0.6) is 0 Å². The van der Waals surface area contributed by atoms with E-state index in [2.05, 4.69) is 62.4 Å². The Kier molecular flexibility index (Phi) is 4.83.